The molecule has 1 aliphatic heterocycles. The molecule has 0 aliphatic carbocycles. The van der Waals surface area contributed by atoms with Crippen molar-refractivity contribution in [3.63, 3.8) is 0 Å². The summed E-state index contributed by atoms with van der Waals surface area (Å²) in [5, 5.41) is 9.56. The highest BCUT2D eigenvalue weighted by Crippen LogP contribution is 2.24. The van der Waals surface area contributed by atoms with Gasteiger partial charge in [0.25, 0.3) is 0 Å². The molecule has 3 heterocycles. The van der Waals surface area contributed by atoms with Gasteiger partial charge in [-0.15, -0.1) is 10.2 Å². The van der Waals surface area contributed by atoms with Crippen molar-refractivity contribution < 1.29 is 0 Å². The average molecular weight is 367 g/mol. The Balaban J connectivity index is 1.41. The van der Waals surface area contributed by atoms with Gasteiger partial charge in [-0.1, -0.05) is 18.2 Å². The summed E-state index contributed by atoms with van der Waals surface area (Å²) in [5.41, 5.74) is 2.05. The molecule has 134 valence electrons. The zero-order valence-corrected chi connectivity index (χ0v) is 15.7. The van der Waals surface area contributed by atoms with E-state index in [9.17, 15) is 0 Å². The summed E-state index contributed by atoms with van der Waals surface area (Å²) < 4.78 is 4.31. The molecule has 0 amide bonds. The van der Waals surface area contributed by atoms with Crippen LogP contribution in [0.1, 0.15) is 0 Å². The summed E-state index contributed by atoms with van der Waals surface area (Å²) >= 11 is 1.34. The van der Waals surface area contributed by atoms with Gasteiger partial charge in [-0.05, 0) is 35.8 Å². The van der Waals surface area contributed by atoms with Crippen molar-refractivity contribution in [2.75, 3.05) is 55.0 Å². The molecule has 1 aliphatic rings. The van der Waals surface area contributed by atoms with Crippen molar-refractivity contribution in [2.24, 2.45) is 0 Å². The molecule has 1 saturated heterocycles. The molecule has 26 heavy (non-hydrogen) atoms. The van der Waals surface area contributed by atoms with Crippen LogP contribution in [0.2, 0.25) is 0 Å². The standard InChI is InChI=1S/C18H21N7S/c1-23(2)18-19-17(26-22-18)15-8-9-16(21-20-15)25-12-10-24(11-13-25)14-6-4-3-5-7-14/h3-9H,10-13H2,1-2H3. The van der Waals surface area contributed by atoms with E-state index in [4.69, 9.17) is 0 Å². The average Bonchev–Trinajstić information content (AvgIpc) is 3.20. The molecule has 0 unspecified atom stereocenters. The molecule has 7 nitrogen and oxygen atoms in total. The Bertz CT molecular complexity index is 839. The van der Waals surface area contributed by atoms with Crippen LogP contribution in [0.4, 0.5) is 17.5 Å². The molecule has 8 heteroatoms. The van der Waals surface area contributed by atoms with Crippen molar-refractivity contribution in [3.05, 3.63) is 42.5 Å². The molecule has 1 aromatic carbocycles. The summed E-state index contributed by atoms with van der Waals surface area (Å²) in [6.45, 7) is 3.84. The number of aromatic nitrogens is 4. The minimum absolute atomic E-state index is 0.702. The normalized spacial score (nSPS) is 14.5. The number of benzene rings is 1. The van der Waals surface area contributed by atoms with Crippen LogP contribution in [-0.2, 0) is 0 Å². The van der Waals surface area contributed by atoms with E-state index in [2.05, 4.69) is 59.7 Å². The van der Waals surface area contributed by atoms with Gasteiger partial charge in [-0.3, -0.25) is 0 Å². The molecule has 0 N–H and O–H groups in total. The summed E-state index contributed by atoms with van der Waals surface area (Å²) in [7, 11) is 3.85. The SMILES string of the molecule is CN(C)c1nsc(-c2ccc(N3CCN(c4ccccc4)CC3)nn2)n1. The molecule has 0 saturated carbocycles. The molecule has 0 bridgehead atoms. The zero-order valence-electron chi connectivity index (χ0n) is 14.9. The third-order valence-corrected chi connectivity index (χ3v) is 5.14. The topological polar surface area (TPSA) is 61.3 Å². The Morgan fingerprint density at radius 3 is 2.23 bits per heavy atom. The first-order valence-electron chi connectivity index (χ1n) is 8.61. The number of anilines is 3. The maximum atomic E-state index is 4.48. The quantitative estimate of drug-likeness (QED) is 0.702. The molecular weight excluding hydrogens is 346 g/mol. The minimum Gasteiger partial charge on any atom is -0.368 e. The van der Waals surface area contributed by atoms with Crippen LogP contribution in [0.5, 0.6) is 0 Å². The molecular formula is C18H21N7S. The van der Waals surface area contributed by atoms with Crippen LogP contribution in [0.15, 0.2) is 42.5 Å². The third-order valence-electron chi connectivity index (χ3n) is 4.41. The first-order valence-corrected chi connectivity index (χ1v) is 9.38. The molecule has 1 fully saturated rings. The summed E-state index contributed by atoms with van der Waals surface area (Å²) in [4.78, 5) is 11.0. The highest BCUT2D eigenvalue weighted by molar-refractivity contribution is 7.09. The van der Waals surface area contributed by atoms with Crippen molar-refractivity contribution in [3.8, 4) is 10.7 Å². The summed E-state index contributed by atoms with van der Waals surface area (Å²) in [6.07, 6.45) is 0. The zero-order chi connectivity index (χ0) is 17.9. The van der Waals surface area contributed by atoms with E-state index in [1.807, 2.05) is 31.1 Å². The van der Waals surface area contributed by atoms with Gasteiger partial charge in [-0.25, -0.2) is 0 Å². The van der Waals surface area contributed by atoms with Crippen LogP contribution in [0.3, 0.4) is 0 Å². The van der Waals surface area contributed by atoms with Crippen molar-refractivity contribution in [1.82, 2.24) is 19.6 Å². The Morgan fingerprint density at radius 2 is 1.62 bits per heavy atom. The maximum absolute atomic E-state index is 4.48. The molecule has 0 atom stereocenters. The van der Waals surface area contributed by atoms with Crippen molar-refractivity contribution >= 4 is 29.0 Å². The molecule has 2 aromatic heterocycles. The fourth-order valence-electron chi connectivity index (χ4n) is 2.94. The lowest BCUT2D eigenvalue weighted by Crippen LogP contribution is -2.46. The first-order chi connectivity index (χ1) is 12.7. The number of para-hydroxylation sites is 1. The highest BCUT2D eigenvalue weighted by Gasteiger charge is 2.19. The second kappa shape index (κ2) is 7.25. The molecule has 4 rings (SSSR count). The monoisotopic (exact) mass is 367 g/mol. The Labute approximate surface area is 157 Å². The lowest BCUT2D eigenvalue weighted by atomic mass is 10.2. The van der Waals surface area contributed by atoms with Gasteiger partial charge < -0.3 is 14.7 Å². The second-order valence-electron chi connectivity index (χ2n) is 6.38. The van der Waals surface area contributed by atoms with Gasteiger partial charge in [0.15, 0.2) is 10.8 Å². The lowest BCUT2D eigenvalue weighted by molar-refractivity contribution is 0.644. The van der Waals surface area contributed by atoms with E-state index in [1.54, 1.807) is 0 Å². The number of rotatable bonds is 4. The molecule has 0 spiro atoms. The van der Waals surface area contributed by atoms with Crippen LogP contribution in [0.25, 0.3) is 10.7 Å². The Kier molecular flexibility index (Phi) is 4.66. The van der Waals surface area contributed by atoms with Crippen molar-refractivity contribution in [1.29, 1.82) is 0 Å². The summed E-state index contributed by atoms with van der Waals surface area (Å²) in [6, 6.07) is 14.5. The van der Waals surface area contributed by atoms with Crippen LogP contribution >= 0.6 is 11.5 Å². The highest BCUT2D eigenvalue weighted by atomic mass is 32.1. The van der Waals surface area contributed by atoms with Crippen LogP contribution in [0, 0.1) is 0 Å². The largest absolute Gasteiger partial charge is 0.368 e. The number of hydrogen-bond donors (Lipinski definition) is 0. The predicted octanol–water partition coefficient (Wildman–Crippen LogP) is 2.39. The fraction of sp³-hybridized carbons (Fsp3) is 0.333. The smallest absolute Gasteiger partial charge is 0.237 e. The van der Waals surface area contributed by atoms with Gasteiger partial charge in [0.2, 0.25) is 5.95 Å². The number of hydrogen-bond acceptors (Lipinski definition) is 8. The van der Waals surface area contributed by atoms with Gasteiger partial charge in [-0.2, -0.15) is 9.36 Å². The number of piperazine rings is 1. The Hall–Kier alpha value is -2.74. The van der Waals surface area contributed by atoms with E-state index in [1.165, 1.54) is 17.2 Å². The summed E-state index contributed by atoms with van der Waals surface area (Å²) in [5.74, 6) is 1.62. The van der Waals surface area contributed by atoms with E-state index in [0.717, 1.165) is 42.7 Å². The van der Waals surface area contributed by atoms with Gasteiger partial charge in [0, 0.05) is 46.0 Å². The maximum Gasteiger partial charge on any atom is 0.237 e. The van der Waals surface area contributed by atoms with E-state index in [0.29, 0.717) is 5.95 Å². The molecule has 3 aromatic rings. The Morgan fingerprint density at radius 1 is 0.885 bits per heavy atom. The fourth-order valence-corrected chi connectivity index (χ4v) is 3.64. The van der Waals surface area contributed by atoms with Gasteiger partial charge in [0.05, 0.1) is 0 Å². The van der Waals surface area contributed by atoms with Crippen molar-refractivity contribution in [2.45, 2.75) is 0 Å². The predicted molar refractivity (Wildman–Crippen MR) is 106 cm³/mol. The van der Waals surface area contributed by atoms with E-state index < -0.39 is 0 Å². The van der Waals surface area contributed by atoms with Crippen LogP contribution in [-0.4, -0.2) is 59.8 Å². The van der Waals surface area contributed by atoms with E-state index in [-0.39, 0.29) is 0 Å². The lowest BCUT2D eigenvalue weighted by Gasteiger charge is -2.36. The van der Waals surface area contributed by atoms with Crippen LogP contribution < -0.4 is 14.7 Å². The third kappa shape index (κ3) is 3.45. The molecule has 0 radical (unpaired) electrons. The van der Waals surface area contributed by atoms with E-state index >= 15 is 0 Å². The first kappa shape index (κ1) is 16.7. The number of nitrogens with zero attached hydrogens (tertiary/aromatic N) is 7. The second-order valence-corrected chi connectivity index (χ2v) is 7.13. The van der Waals surface area contributed by atoms with Gasteiger partial charge >= 0.3 is 0 Å². The van der Waals surface area contributed by atoms with Gasteiger partial charge in [0.1, 0.15) is 5.69 Å². The minimum atomic E-state index is 0.702.